The number of hydrogen-bond acceptors (Lipinski definition) is 3. The molecule has 3 heteroatoms. The highest BCUT2D eigenvalue weighted by molar-refractivity contribution is 5.67. The Hall–Kier alpha value is -3.64. The molecule has 0 aliphatic rings. The van der Waals surface area contributed by atoms with Crippen LogP contribution in [0.5, 0.6) is 0 Å². The predicted octanol–water partition coefficient (Wildman–Crippen LogP) is 6.83. The number of aromatic nitrogens is 1. The monoisotopic (exact) mass is 380 g/mol. The van der Waals surface area contributed by atoms with Gasteiger partial charge in [-0.2, -0.15) is 5.26 Å². The van der Waals surface area contributed by atoms with E-state index >= 15 is 0 Å². The lowest BCUT2D eigenvalue weighted by atomic mass is 10.0. The Balaban J connectivity index is 0.000000290. The molecule has 3 aromatic carbocycles. The van der Waals surface area contributed by atoms with Crippen LogP contribution in [0.15, 0.2) is 89.5 Å². The SMILES string of the molecule is CCCc1ccc(-c2cc(-c3cccc(C#N)c3)no2)cc1.Cc1ccccc1. The van der Waals surface area contributed by atoms with Crippen molar-refractivity contribution in [2.24, 2.45) is 0 Å². The minimum atomic E-state index is 0.617. The van der Waals surface area contributed by atoms with E-state index in [4.69, 9.17) is 9.78 Å². The van der Waals surface area contributed by atoms with Crippen LogP contribution in [-0.2, 0) is 6.42 Å². The molecule has 4 aromatic rings. The van der Waals surface area contributed by atoms with Crippen LogP contribution >= 0.6 is 0 Å². The van der Waals surface area contributed by atoms with Gasteiger partial charge in [-0.25, -0.2) is 0 Å². The lowest BCUT2D eigenvalue weighted by molar-refractivity contribution is 0.435. The number of hydrogen-bond donors (Lipinski definition) is 0. The van der Waals surface area contributed by atoms with Gasteiger partial charge in [0.25, 0.3) is 0 Å². The molecule has 0 radical (unpaired) electrons. The fourth-order valence-corrected chi connectivity index (χ4v) is 2.95. The first-order valence-corrected chi connectivity index (χ1v) is 9.78. The van der Waals surface area contributed by atoms with Gasteiger partial charge < -0.3 is 4.52 Å². The second kappa shape index (κ2) is 10.1. The van der Waals surface area contributed by atoms with Crippen LogP contribution < -0.4 is 0 Å². The number of nitrogens with zero attached hydrogens (tertiary/aromatic N) is 2. The third-order valence-electron chi connectivity index (χ3n) is 4.52. The van der Waals surface area contributed by atoms with Gasteiger partial charge in [0.05, 0.1) is 11.6 Å². The molecular weight excluding hydrogens is 356 g/mol. The van der Waals surface area contributed by atoms with Crippen molar-refractivity contribution in [2.45, 2.75) is 26.7 Å². The van der Waals surface area contributed by atoms with Gasteiger partial charge in [-0.15, -0.1) is 0 Å². The Morgan fingerprint density at radius 1 is 0.862 bits per heavy atom. The van der Waals surface area contributed by atoms with Gasteiger partial charge >= 0.3 is 0 Å². The van der Waals surface area contributed by atoms with E-state index in [0.29, 0.717) is 5.56 Å². The van der Waals surface area contributed by atoms with E-state index < -0.39 is 0 Å². The van der Waals surface area contributed by atoms with Crippen LogP contribution in [0.1, 0.15) is 30.0 Å². The molecule has 0 saturated heterocycles. The summed E-state index contributed by atoms with van der Waals surface area (Å²) in [5.41, 5.74) is 5.90. The predicted molar refractivity (Wildman–Crippen MR) is 117 cm³/mol. The van der Waals surface area contributed by atoms with Crippen molar-refractivity contribution in [3.8, 4) is 28.7 Å². The zero-order valence-electron chi connectivity index (χ0n) is 16.8. The van der Waals surface area contributed by atoms with E-state index in [1.807, 2.05) is 42.5 Å². The molecule has 0 N–H and O–H groups in total. The van der Waals surface area contributed by atoms with Crippen LogP contribution in [0, 0.1) is 18.3 Å². The van der Waals surface area contributed by atoms with E-state index in [1.54, 1.807) is 6.07 Å². The quantitative estimate of drug-likeness (QED) is 0.390. The summed E-state index contributed by atoms with van der Waals surface area (Å²) in [5, 5.41) is 13.1. The fraction of sp³-hybridized carbons (Fsp3) is 0.154. The molecule has 0 aliphatic carbocycles. The van der Waals surface area contributed by atoms with Gasteiger partial charge in [-0.1, -0.05) is 90.8 Å². The van der Waals surface area contributed by atoms with Gasteiger partial charge in [0.1, 0.15) is 5.69 Å². The van der Waals surface area contributed by atoms with Crippen molar-refractivity contribution < 1.29 is 4.52 Å². The van der Waals surface area contributed by atoms with Gasteiger partial charge in [-0.05, 0) is 31.0 Å². The lowest BCUT2D eigenvalue weighted by Gasteiger charge is -1.99. The van der Waals surface area contributed by atoms with Gasteiger partial charge in [0.15, 0.2) is 5.76 Å². The Morgan fingerprint density at radius 2 is 1.62 bits per heavy atom. The molecule has 1 aromatic heterocycles. The molecule has 0 bridgehead atoms. The van der Waals surface area contributed by atoms with Gasteiger partial charge in [0.2, 0.25) is 0 Å². The molecule has 0 amide bonds. The van der Waals surface area contributed by atoms with E-state index in [0.717, 1.165) is 35.4 Å². The first-order valence-electron chi connectivity index (χ1n) is 9.78. The zero-order valence-corrected chi connectivity index (χ0v) is 16.8. The summed E-state index contributed by atoms with van der Waals surface area (Å²) >= 11 is 0. The summed E-state index contributed by atoms with van der Waals surface area (Å²) in [7, 11) is 0. The average Bonchev–Trinajstić information content (AvgIpc) is 3.26. The summed E-state index contributed by atoms with van der Waals surface area (Å²) in [6.07, 6.45) is 2.23. The van der Waals surface area contributed by atoms with Crippen LogP contribution in [-0.4, -0.2) is 5.16 Å². The highest BCUT2D eigenvalue weighted by Crippen LogP contribution is 2.26. The highest BCUT2D eigenvalue weighted by Gasteiger charge is 2.09. The summed E-state index contributed by atoms with van der Waals surface area (Å²) < 4.78 is 5.45. The van der Waals surface area contributed by atoms with Crippen molar-refractivity contribution in [1.82, 2.24) is 5.16 Å². The summed E-state index contributed by atoms with van der Waals surface area (Å²) in [4.78, 5) is 0. The number of aryl methyl sites for hydroxylation is 2. The molecule has 0 spiro atoms. The molecule has 1 heterocycles. The first kappa shape index (κ1) is 20.1. The number of nitriles is 1. The second-order valence-electron chi connectivity index (χ2n) is 6.87. The Kier molecular flexibility index (Phi) is 6.97. The third-order valence-corrected chi connectivity index (χ3v) is 4.52. The van der Waals surface area contributed by atoms with Crippen molar-refractivity contribution in [3.05, 3.63) is 102 Å². The molecule has 29 heavy (non-hydrogen) atoms. The molecule has 144 valence electrons. The van der Waals surface area contributed by atoms with E-state index in [1.165, 1.54) is 11.1 Å². The molecular formula is C26H24N2O. The van der Waals surface area contributed by atoms with Crippen LogP contribution in [0.2, 0.25) is 0 Å². The first-order chi connectivity index (χ1) is 14.2. The molecule has 0 saturated carbocycles. The van der Waals surface area contributed by atoms with Crippen LogP contribution in [0.4, 0.5) is 0 Å². The smallest absolute Gasteiger partial charge is 0.167 e. The van der Waals surface area contributed by atoms with Crippen molar-refractivity contribution in [2.75, 3.05) is 0 Å². The Bertz CT molecular complexity index is 1070. The van der Waals surface area contributed by atoms with Crippen LogP contribution in [0.3, 0.4) is 0 Å². The van der Waals surface area contributed by atoms with Crippen molar-refractivity contribution in [3.63, 3.8) is 0 Å². The molecule has 0 atom stereocenters. The highest BCUT2D eigenvalue weighted by atomic mass is 16.5. The Labute approximate surface area is 172 Å². The molecule has 0 unspecified atom stereocenters. The minimum absolute atomic E-state index is 0.617. The van der Waals surface area contributed by atoms with Crippen molar-refractivity contribution in [1.29, 1.82) is 5.26 Å². The summed E-state index contributed by atoms with van der Waals surface area (Å²) in [6, 6.07) is 30.0. The zero-order chi connectivity index (χ0) is 20.5. The maximum Gasteiger partial charge on any atom is 0.167 e. The fourth-order valence-electron chi connectivity index (χ4n) is 2.95. The molecule has 0 fully saturated rings. The van der Waals surface area contributed by atoms with Gasteiger partial charge in [-0.3, -0.25) is 0 Å². The topological polar surface area (TPSA) is 49.8 Å². The normalized spacial score (nSPS) is 9.97. The number of benzene rings is 3. The summed E-state index contributed by atoms with van der Waals surface area (Å²) in [6.45, 7) is 4.26. The lowest BCUT2D eigenvalue weighted by Crippen LogP contribution is -1.82. The molecule has 0 aliphatic heterocycles. The average molecular weight is 380 g/mol. The maximum atomic E-state index is 8.97. The standard InChI is InChI=1S/C19H16N2O.C7H8/c1-2-4-14-7-9-16(10-8-14)19-12-18(21-22-19)17-6-3-5-15(11-17)13-20;1-7-5-3-2-4-6-7/h3,5-12H,2,4H2,1H3;2-6H,1H3. The maximum absolute atomic E-state index is 8.97. The molecule has 3 nitrogen and oxygen atoms in total. The van der Waals surface area contributed by atoms with Gasteiger partial charge in [0, 0.05) is 17.2 Å². The van der Waals surface area contributed by atoms with E-state index in [-0.39, 0.29) is 0 Å². The van der Waals surface area contributed by atoms with Crippen molar-refractivity contribution >= 4 is 0 Å². The van der Waals surface area contributed by atoms with Crippen LogP contribution in [0.25, 0.3) is 22.6 Å². The number of rotatable bonds is 4. The minimum Gasteiger partial charge on any atom is -0.356 e. The molecule has 4 rings (SSSR count). The van der Waals surface area contributed by atoms with E-state index in [9.17, 15) is 0 Å². The summed E-state index contributed by atoms with van der Waals surface area (Å²) in [5.74, 6) is 0.736. The second-order valence-corrected chi connectivity index (χ2v) is 6.87. The third kappa shape index (κ3) is 5.67. The Morgan fingerprint density at radius 3 is 2.24 bits per heavy atom. The largest absolute Gasteiger partial charge is 0.356 e. The van der Waals surface area contributed by atoms with E-state index in [2.05, 4.69) is 61.5 Å².